The molecule has 0 radical (unpaired) electrons. The van der Waals surface area contributed by atoms with Crippen LogP contribution in [0.3, 0.4) is 0 Å². The van der Waals surface area contributed by atoms with Gasteiger partial charge < -0.3 is 19.5 Å². The molecule has 2 aromatic carbocycles. The fourth-order valence-corrected chi connectivity index (χ4v) is 2.28. The molecule has 2 rings (SSSR count). The van der Waals surface area contributed by atoms with Crippen molar-refractivity contribution in [2.75, 3.05) is 21.3 Å². The summed E-state index contributed by atoms with van der Waals surface area (Å²) < 4.78 is 15.5. The number of hydrogen-bond acceptors (Lipinski definition) is 6. The molecule has 0 aliphatic rings. The molecule has 0 saturated heterocycles. The zero-order valence-corrected chi connectivity index (χ0v) is 14.1. The number of nitro groups is 1. The first-order valence-electron chi connectivity index (χ1n) is 7.31. The van der Waals surface area contributed by atoms with Crippen molar-refractivity contribution in [1.82, 2.24) is 5.32 Å². The SMILES string of the molecule is COc1ccc(OC)c(CNC(=O)c2cc([N+](=O)[O-])ccc2OC)c1. The van der Waals surface area contributed by atoms with Gasteiger partial charge in [0.25, 0.3) is 11.6 Å². The van der Waals surface area contributed by atoms with Gasteiger partial charge in [0.15, 0.2) is 0 Å². The third kappa shape index (κ3) is 4.17. The third-order valence-corrected chi connectivity index (χ3v) is 3.57. The Hall–Kier alpha value is -3.29. The fourth-order valence-electron chi connectivity index (χ4n) is 2.28. The summed E-state index contributed by atoms with van der Waals surface area (Å²) in [6.07, 6.45) is 0. The monoisotopic (exact) mass is 346 g/mol. The number of rotatable bonds is 7. The molecule has 2 aromatic rings. The first-order chi connectivity index (χ1) is 12.0. The summed E-state index contributed by atoms with van der Waals surface area (Å²) in [5.41, 5.74) is 0.600. The van der Waals surface area contributed by atoms with Crippen LogP contribution in [0.15, 0.2) is 36.4 Å². The van der Waals surface area contributed by atoms with Crippen LogP contribution in [0.25, 0.3) is 0 Å². The molecule has 0 aromatic heterocycles. The van der Waals surface area contributed by atoms with Gasteiger partial charge in [-0.25, -0.2) is 0 Å². The molecule has 0 bridgehead atoms. The molecule has 1 N–H and O–H groups in total. The van der Waals surface area contributed by atoms with Gasteiger partial charge in [0, 0.05) is 24.2 Å². The largest absolute Gasteiger partial charge is 0.497 e. The van der Waals surface area contributed by atoms with Gasteiger partial charge in [-0.05, 0) is 24.3 Å². The van der Waals surface area contributed by atoms with E-state index in [4.69, 9.17) is 14.2 Å². The molecule has 0 heterocycles. The predicted molar refractivity (Wildman–Crippen MR) is 90.4 cm³/mol. The van der Waals surface area contributed by atoms with Crippen molar-refractivity contribution in [3.05, 3.63) is 57.6 Å². The van der Waals surface area contributed by atoms with Crippen LogP contribution in [0.4, 0.5) is 5.69 Å². The zero-order chi connectivity index (χ0) is 18.4. The molecular weight excluding hydrogens is 328 g/mol. The summed E-state index contributed by atoms with van der Waals surface area (Å²) in [5, 5.41) is 13.6. The zero-order valence-electron chi connectivity index (χ0n) is 14.1. The molecule has 0 atom stereocenters. The van der Waals surface area contributed by atoms with E-state index in [0.717, 1.165) is 0 Å². The van der Waals surface area contributed by atoms with Crippen LogP contribution in [0.5, 0.6) is 17.2 Å². The minimum absolute atomic E-state index is 0.0820. The molecule has 1 amide bonds. The number of non-ortho nitro benzene ring substituents is 1. The van der Waals surface area contributed by atoms with E-state index < -0.39 is 10.8 Å². The van der Waals surface area contributed by atoms with Gasteiger partial charge in [0.1, 0.15) is 17.2 Å². The van der Waals surface area contributed by atoms with E-state index in [9.17, 15) is 14.9 Å². The smallest absolute Gasteiger partial charge is 0.270 e. The first kappa shape index (κ1) is 18.1. The van der Waals surface area contributed by atoms with Crippen LogP contribution in [-0.4, -0.2) is 32.2 Å². The Morgan fingerprint density at radius 3 is 2.32 bits per heavy atom. The molecule has 132 valence electrons. The fraction of sp³-hybridized carbons (Fsp3) is 0.235. The molecule has 0 aliphatic carbocycles. The number of methoxy groups -OCH3 is 3. The van der Waals surface area contributed by atoms with Crippen molar-refractivity contribution in [2.45, 2.75) is 6.54 Å². The molecular formula is C17H18N2O6. The van der Waals surface area contributed by atoms with E-state index >= 15 is 0 Å². The van der Waals surface area contributed by atoms with Crippen molar-refractivity contribution in [1.29, 1.82) is 0 Å². The lowest BCUT2D eigenvalue weighted by Crippen LogP contribution is -2.23. The highest BCUT2D eigenvalue weighted by Crippen LogP contribution is 2.26. The quantitative estimate of drug-likeness (QED) is 0.611. The standard InChI is InChI=1S/C17H18N2O6/c1-23-13-5-7-15(24-2)11(8-13)10-18-17(20)14-9-12(19(21)22)4-6-16(14)25-3/h4-9H,10H2,1-3H3,(H,18,20). The van der Waals surface area contributed by atoms with Gasteiger partial charge in [0.05, 0.1) is 31.8 Å². The minimum atomic E-state index is -0.568. The maximum Gasteiger partial charge on any atom is 0.270 e. The van der Waals surface area contributed by atoms with Gasteiger partial charge >= 0.3 is 0 Å². The second-order valence-electron chi connectivity index (χ2n) is 5.00. The molecule has 0 saturated carbocycles. The van der Waals surface area contributed by atoms with Gasteiger partial charge in [0.2, 0.25) is 0 Å². The number of ether oxygens (including phenoxy) is 3. The predicted octanol–water partition coefficient (Wildman–Crippen LogP) is 2.55. The van der Waals surface area contributed by atoms with Crippen molar-refractivity contribution in [2.24, 2.45) is 0 Å². The Labute approximate surface area is 144 Å². The molecule has 0 unspecified atom stereocenters. The number of amides is 1. The Balaban J connectivity index is 2.23. The molecule has 0 spiro atoms. The Morgan fingerprint density at radius 2 is 1.72 bits per heavy atom. The van der Waals surface area contributed by atoms with E-state index in [1.165, 1.54) is 39.5 Å². The Morgan fingerprint density at radius 1 is 1.04 bits per heavy atom. The van der Waals surface area contributed by atoms with Crippen LogP contribution in [0.2, 0.25) is 0 Å². The number of nitro benzene ring substituents is 1. The lowest BCUT2D eigenvalue weighted by molar-refractivity contribution is -0.384. The van der Waals surface area contributed by atoms with Crippen molar-refractivity contribution >= 4 is 11.6 Å². The number of hydrogen-bond donors (Lipinski definition) is 1. The molecule has 25 heavy (non-hydrogen) atoms. The molecule has 8 heteroatoms. The van der Waals surface area contributed by atoms with E-state index in [-0.39, 0.29) is 23.5 Å². The second kappa shape index (κ2) is 8.00. The normalized spacial score (nSPS) is 10.0. The third-order valence-electron chi connectivity index (χ3n) is 3.57. The van der Waals surface area contributed by atoms with Gasteiger partial charge in [-0.3, -0.25) is 14.9 Å². The molecule has 0 aliphatic heterocycles. The van der Waals surface area contributed by atoms with Crippen LogP contribution in [0, 0.1) is 10.1 Å². The van der Waals surface area contributed by atoms with Crippen molar-refractivity contribution in [3.63, 3.8) is 0 Å². The van der Waals surface area contributed by atoms with Crippen LogP contribution in [-0.2, 0) is 6.54 Å². The van der Waals surface area contributed by atoms with Crippen LogP contribution >= 0.6 is 0 Å². The van der Waals surface area contributed by atoms with Crippen molar-refractivity contribution < 1.29 is 23.9 Å². The molecule has 8 nitrogen and oxygen atoms in total. The van der Waals surface area contributed by atoms with Gasteiger partial charge in [-0.2, -0.15) is 0 Å². The maximum absolute atomic E-state index is 12.4. The second-order valence-corrected chi connectivity index (χ2v) is 5.00. The van der Waals surface area contributed by atoms with Crippen LogP contribution < -0.4 is 19.5 Å². The highest BCUT2D eigenvalue weighted by molar-refractivity contribution is 5.97. The highest BCUT2D eigenvalue weighted by atomic mass is 16.6. The summed E-state index contributed by atoms with van der Waals surface area (Å²) in [4.78, 5) is 22.8. The lowest BCUT2D eigenvalue weighted by atomic mass is 10.1. The number of nitrogens with one attached hydrogen (secondary N) is 1. The van der Waals surface area contributed by atoms with E-state index in [0.29, 0.717) is 17.1 Å². The highest BCUT2D eigenvalue weighted by Gasteiger charge is 2.18. The lowest BCUT2D eigenvalue weighted by Gasteiger charge is -2.12. The van der Waals surface area contributed by atoms with Gasteiger partial charge in [-0.1, -0.05) is 0 Å². The van der Waals surface area contributed by atoms with E-state index in [2.05, 4.69) is 5.32 Å². The average molecular weight is 346 g/mol. The number of carbonyl (C=O) groups is 1. The Kier molecular flexibility index (Phi) is 5.78. The van der Waals surface area contributed by atoms with Crippen LogP contribution in [0.1, 0.15) is 15.9 Å². The number of carbonyl (C=O) groups excluding carboxylic acids is 1. The minimum Gasteiger partial charge on any atom is -0.497 e. The first-order valence-corrected chi connectivity index (χ1v) is 7.31. The number of nitrogens with zero attached hydrogens (tertiary/aromatic N) is 1. The van der Waals surface area contributed by atoms with Gasteiger partial charge in [-0.15, -0.1) is 0 Å². The Bertz CT molecular complexity index is 791. The summed E-state index contributed by atoms with van der Waals surface area (Å²) in [5.74, 6) is 0.969. The van der Waals surface area contributed by atoms with E-state index in [1.807, 2.05) is 0 Å². The summed E-state index contributed by atoms with van der Waals surface area (Å²) >= 11 is 0. The van der Waals surface area contributed by atoms with Crippen molar-refractivity contribution in [3.8, 4) is 17.2 Å². The summed E-state index contributed by atoms with van der Waals surface area (Å²) in [6, 6.07) is 9.06. The molecule has 0 fully saturated rings. The number of benzene rings is 2. The van der Waals surface area contributed by atoms with E-state index in [1.54, 1.807) is 18.2 Å². The summed E-state index contributed by atoms with van der Waals surface area (Å²) in [7, 11) is 4.46. The maximum atomic E-state index is 12.4. The topological polar surface area (TPSA) is 99.9 Å². The average Bonchev–Trinajstić information content (AvgIpc) is 2.64. The summed E-state index contributed by atoms with van der Waals surface area (Å²) in [6.45, 7) is 0.158.